The summed E-state index contributed by atoms with van der Waals surface area (Å²) in [6.45, 7) is 0.514. The second-order valence-corrected chi connectivity index (χ2v) is 5.55. The summed E-state index contributed by atoms with van der Waals surface area (Å²) in [5.41, 5.74) is 1.02. The molecule has 0 spiro atoms. The standard InChI is InChI=1S/C15H23N5O3/c1-19(2)12(11-7-18-20(3)10-11)8-16-15(22)17-9-13(21)14-5-4-6-23-14/h4-7,10,12-13,21H,8-9H2,1-3H3,(H2,16,17,22). The van der Waals surface area contributed by atoms with Gasteiger partial charge in [0.25, 0.3) is 0 Å². The van der Waals surface area contributed by atoms with Gasteiger partial charge in [0.2, 0.25) is 0 Å². The number of furan rings is 1. The first-order valence-electron chi connectivity index (χ1n) is 7.35. The third-order valence-corrected chi connectivity index (χ3v) is 3.52. The lowest BCUT2D eigenvalue weighted by atomic mass is 10.1. The van der Waals surface area contributed by atoms with Gasteiger partial charge in [0, 0.05) is 25.4 Å². The van der Waals surface area contributed by atoms with Gasteiger partial charge < -0.3 is 25.1 Å². The Labute approximate surface area is 135 Å². The molecule has 0 radical (unpaired) electrons. The Balaban J connectivity index is 1.80. The van der Waals surface area contributed by atoms with Crippen molar-refractivity contribution >= 4 is 6.03 Å². The van der Waals surface area contributed by atoms with E-state index in [1.165, 1.54) is 6.26 Å². The van der Waals surface area contributed by atoms with Gasteiger partial charge in [0.05, 0.1) is 25.0 Å². The predicted molar refractivity (Wildman–Crippen MR) is 84.7 cm³/mol. The zero-order valence-electron chi connectivity index (χ0n) is 13.6. The first-order valence-corrected chi connectivity index (χ1v) is 7.35. The number of aryl methyl sites for hydroxylation is 1. The topological polar surface area (TPSA) is 95.6 Å². The van der Waals surface area contributed by atoms with Crippen LogP contribution in [0.4, 0.5) is 4.79 Å². The van der Waals surface area contributed by atoms with Gasteiger partial charge in [-0.2, -0.15) is 5.10 Å². The van der Waals surface area contributed by atoms with Crippen LogP contribution in [0.15, 0.2) is 35.2 Å². The van der Waals surface area contributed by atoms with E-state index in [2.05, 4.69) is 15.7 Å². The molecule has 2 aromatic rings. The van der Waals surface area contributed by atoms with Crippen LogP contribution in [0.1, 0.15) is 23.5 Å². The maximum atomic E-state index is 11.9. The maximum absolute atomic E-state index is 11.9. The van der Waals surface area contributed by atoms with E-state index in [1.807, 2.05) is 32.2 Å². The van der Waals surface area contributed by atoms with Crippen molar-refractivity contribution in [3.8, 4) is 0 Å². The number of carbonyl (C=O) groups excluding carboxylic acids is 1. The molecule has 2 unspecified atom stereocenters. The van der Waals surface area contributed by atoms with E-state index in [4.69, 9.17) is 4.42 Å². The quantitative estimate of drug-likeness (QED) is 0.696. The zero-order valence-corrected chi connectivity index (χ0v) is 13.6. The van der Waals surface area contributed by atoms with Crippen LogP contribution in [0.2, 0.25) is 0 Å². The lowest BCUT2D eigenvalue weighted by molar-refractivity contribution is 0.147. The van der Waals surface area contributed by atoms with E-state index >= 15 is 0 Å². The molecule has 8 heteroatoms. The van der Waals surface area contributed by atoms with E-state index < -0.39 is 6.10 Å². The molecular weight excluding hydrogens is 298 g/mol. The monoisotopic (exact) mass is 321 g/mol. The molecule has 0 aliphatic heterocycles. The summed E-state index contributed by atoms with van der Waals surface area (Å²) in [5.74, 6) is 0.423. The van der Waals surface area contributed by atoms with Gasteiger partial charge in [0.1, 0.15) is 11.9 Å². The number of nitrogens with zero attached hydrogens (tertiary/aromatic N) is 3. The Kier molecular flexibility index (Phi) is 5.78. The highest BCUT2D eigenvalue weighted by Crippen LogP contribution is 2.16. The highest BCUT2D eigenvalue weighted by Gasteiger charge is 2.17. The van der Waals surface area contributed by atoms with E-state index in [-0.39, 0.29) is 18.6 Å². The van der Waals surface area contributed by atoms with Gasteiger partial charge in [-0.25, -0.2) is 4.79 Å². The van der Waals surface area contributed by atoms with Crippen LogP contribution in [0.25, 0.3) is 0 Å². The fourth-order valence-corrected chi connectivity index (χ4v) is 2.23. The summed E-state index contributed by atoms with van der Waals surface area (Å²) in [6.07, 6.45) is 4.32. The van der Waals surface area contributed by atoms with E-state index in [0.29, 0.717) is 12.3 Å². The summed E-state index contributed by atoms with van der Waals surface area (Å²) in [6, 6.07) is 3.03. The number of nitrogens with one attached hydrogen (secondary N) is 2. The molecule has 0 aliphatic carbocycles. The van der Waals surface area contributed by atoms with Crippen molar-refractivity contribution in [1.82, 2.24) is 25.3 Å². The van der Waals surface area contributed by atoms with E-state index in [1.54, 1.807) is 23.0 Å². The van der Waals surface area contributed by atoms with Gasteiger partial charge in [-0.15, -0.1) is 0 Å². The van der Waals surface area contributed by atoms with Crippen molar-refractivity contribution in [2.45, 2.75) is 12.1 Å². The smallest absolute Gasteiger partial charge is 0.314 e. The molecular formula is C15H23N5O3. The molecule has 3 N–H and O–H groups in total. The lowest BCUT2D eigenvalue weighted by Gasteiger charge is -2.23. The highest BCUT2D eigenvalue weighted by molar-refractivity contribution is 5.73. The van der Waals surface area contributed by atoms with Crippen molar-refractivity contribution < 1.29 is 14.3 Å². The summed E-state index contributed by atoms with van der Waals surface area (Å²) in [5, 5.41) is 19.4. The van der Waals surface area contributed by atoms with Crippen molar-refractivity contribution in [2.24, 2.45) is 7.05 Å². The first-order chi connectivity index (χ1) is 11.0. The number of hydrogen-bond acceptors (Lipinski definition) is 5. The zero-order chi connectivity index (χ0) is 16.8. The van der Waals surface area contributed by atoms with Gasteiger partial charge in [0.15, 0.2) is 0 Å². The van der Waals surface area contributed by atoms with Crippen molar-refractivity contribution in [1.29, 1.82) is 0 Å². The number of aliphatic hydroxyl groups is 1. The summed E-state index contributed by atoms with van der Waals surface area (Å²) in [4.78, 5) is 13.9. The normalized spacial score (nSPS) is 13.8. The molecule has 0 aliphatic rings. The average molecular weight is 321 g/mol. The Hall–Kier alpha value is -2.32. The minimum Gasteiger partial charge on any atom is -0.467 e. The third kappa shape index (κ3) is 4.83. The molecule has 8 nitrogen and oxygen atoms in total. The van der Waals surface area contributed by atoms with E-state index in [9.17, 15) is 9.90 Å². The maximum Gasteiger partial charge on any atom is 0.314 e. The Morgan fingerprint density at radius 1 is 1.43 bits per heavy atom. The minimum atomic E-state index is -0.862. The number of carbonyl (C=O) groups is 1. The summed E-state index contributed by atoms with van der Waals surface area (Å²) >= 11 is 0. The molecule has 0 bridgehead atoms. The van der Waals surface area contributed by atoms with Crippen LogP contribution in [0, 0.1) is 0 Å². The van der Waals surface area contributed by atoms with Crippen LogP contribution in [0.3, 0.4) is 0 Å². The number of likely N-dealkylation sites (N-methyl/N-ethyl adjacent to an activating group) is 1. The SMILES string of the molecule is CN(C)C(CNC(=O)NCC(O)c1ccco1)c1cnn(C)c1. The minimum absolute atomic E-state index is 0.0180. The molecule has 0 aromatic carbocycles. The Morgan fingerprint density at radius 3 is 2.74 bits per heavy atom. The molecule has 2 atom stereocenters. The Bertz CT molecular complexity index is 608. The molecule has 0 saturated carbocycles. The molecule has 23 heavy (non-hydrogen) atoms. The molecule has 2 aromatic heterocycles. The van der Waals surface area contributed by atoms with Crippen LogP contribution < -0.4 is 10.6 Å². The number of urea groups is 1. The Morgan fingerprint density at radius 2 is 2.17 bits per heavy atom. The predicted octanol–water partition coefficient (Wildman–Crippen LogP) is 0.649. The third-order valence-electron chi connectivity index (χ3n) is 3.52. The number of aromatic nitrogens is 2. The number of amides is 2. The van der Waals surface area contributed by atoms with Crippen molar-refractivity contribution in [2.75, 3.05) is 27.2 Å². The number of rotatable bonds is 7. The highest BCUT2D eigenvalue weighted by atomic mass is 16.4. The average Bonchev–Trinajstić information content (AvgIpc) is 3.16. The molecule has 0 fully saturated rings. The van der Waals surface area contributed by atoms with Gasteiger partial charge in [-0.1, -0.05) is 0 Å². The first kappa shape index (κ1) is 17.0. The van der Waals surface area contributed by atoms with E-state index in [0.717, 1.165) is 5.56 Å². The van der Waals surface area contributed by atoms with Gasteiger partial charge >= 0.3 is 6.03 Å². The number of hydrogen-bond donors (Lipinski definition) is 3. The van der Waals surface area contributed by atoms with Crippen LogP contribution in [-0.4, -0.2) is 53.0 Å². The molecule has 2 rings (SSSR count). The molecule has 126 valence electrons. The second kappa shape index (κ2) is 7.80. The molecule has 2 amide bonds. The van der Waals surface area contributed by atoms with Crippen LogP contribution >= 0.6 is 0 Å². The van der Waals surface area contributed by atoms with Gasteiger partial charge in [-0.05, 0) is 26.2 Å². The van der Waals surface area contributed by atoms with Crippen LogP contribution in [0.5, 0.6) is 0 Å². The summed E-state index contributed by atoms with van der Waals surface area (Å²) in [7, 11) is 5.74. The molecule has 0 saturated heterocycles. The number of aliphatic hydroxyl groups excluding tert-OH is 1. The second-order valence-electron chi connectivity index (χ2n) is 5.55. The summed E-state index contributed by atoms with van der Waals surface area (Å²) < 4.78 is 6.81. The van der Waals surface area contributed by atoms with Crippen molar-refractivity contribution in [3.63, 3.8) is 0 Å². The lowest BCUT2D eigenvalue weighted by Crippen LogP contribution is -2.41. The fraction of sp³-hybridized carbons (Fsp3) is 0.467. The fourth-order valence-electron chi connectivity index (χ4n) is 2.23. The van der Waals surface area contributed by atoms with Crippen LogP contribution in [-0.2, 0) is 7.05 Å². The molecule has 2 heterocycles. The largest absolute Gasteiger partial charge is 0.467 e. The van der Waals surface area contributed by atoms with Gasteiger partial charge in [-0.3, -0.25) is 4.68 Å². The van der Waals surface area contributed by atoms with Crippen molar-refractivity contribution in [3.05, 3.63) is 42.1 Å².